The van der Waals surface area contributed by atoms with Gasteiger partial charge in [0.05, 0.1) is 17.8 Å². The first kappa shape index (κ1) is 24.5. The van der Waals surface area contributed by atoms with E-state index in [-0.39, 0.29) is 36.8 Å². The third-order valence-corrected chi connectivity index (χ3v) is 5.44. The number of piperidine rings is 1. The Morgan fingerprint density at radius 2 is 2.11 bits per heavy atom. The molecule has 1 saturated heterocycles. The zero-order chi connectivity index (χ0) is 18.5. The first-order chi connectivity index (χ1) is 12.6. The standard InChI is InChI=1S/C19H25N3O3S.2ClH/c1-13-21-15(12-26-13)11-25-17-7-6-14(9-18(17)24-2)19(23)22-8-4-3-5-16(22)10-20;;/h6-7,9,12,16H,3-5,8,10-11,20H2,1-2H3;2*1H. The highest BCUT2D eigenvalue weighted by Crippen LogP contribution is 2.30. The highest BCUT2D eigenvalue weighted by Gasteiger charge is 2.27. The van der Waals surface area contributed by atoms with E-state index in [9.17, 15) is 4.79 Å². The lowest BCUT2D eigenvalue weighted by molar-refractivity contribution is 0.0623. The zero-order valence-corrected chi connectivity index (χ0v) is 18.5. The Balaban J connectivity index is 0.00000196. The molecule has 1 fully saturated rings. The second-order valence-corrected chi connectivity index (χ2v) is 7.46. The Morgan fingerprint density at radius 3 is 2.75 bits per heavy atom. The van der Waals surface area contributed by atoms with Gasteiger partial charge in [-0.2, -0.15) is 0 Å². The fourth-order valence-electron chi connectivity index (χ4n) is 3.22. The Morgan fingerprint density at radius 1 is 1.32 bits per heavy atom. The molecule has 1 aromatic heterocycles. The third-order valence-electron chi connectivity index (χ3n) is 4.61. The van der Waals surface area contributed by atoms with Crippen LogP contribution in [-0.2, 0) is 6.61 Å². The second kappa shape index (κ2) is 11.5. The molecule has 156 valence electrons. The van der Waals surface area contributed by atoms with Crippen LogP contribution in [0.4, 0.5) is 0 Å². The van der Waals surface area contributed by atoms with Crippen LogP contribution in [0.1, 0.15) is 40.3 Å². The van der Waals surface area contributed by atoms with Gasteiger partial charge in [0.15, 0.2) is 11.5 Å². The van der Waals surface area contributed by atoms with Gasteiger partial charge in [-0.25, -0.2) is 4.98 Å². The maximum absolute atomic E-state index is 12.9. The van der Waals surface area contributed by atoms with Gasteiger partial charge in [-0.1, -0.05) is 0 Å². The summed E-state index contributed by atoms with van der Waals surface area (Å²) in [7, 11) is 1.58. The fraction of sp³-hybridized carbons (Fsp3) is 0.474. The maximum Gasteiger partial charge on any atom is 0.254 e. The fourth-order valence-corrected chi connectivity index (χ4v) is 3.82. The number of halogens is 2. The van der Waals surface area contributed by atoms with Crippen molar-refractivity contribution in [3.05, 3.63) is 39.8 Å². The number of ether oxygens (including phenoxy) is 2. The molecule has 0 spiro atoms. The summed E-state index contributed by atoms with van der Waals surface area (Å²) in [5.74, 6) is 1.15. The third kappa shape index (κ3) is 5.73. The number of hydrogen-bond donors (Lipinski definition) is 1. The Bertz CT molecular complexity index is 773. The molecule has 1 aliphatic rings. The topological polar surface area (TPSA) is 77.7 Å². The molecular formula is C19H27Cl2N3O3S. The first-order valence-electron chi connectivity index (χ1n) is 8.85. The number of methoxy groups -OCH3 is 1. The van der Waals surface area contributed by atoms with Gasteiger partial charge in [0.25, 0.3) is 5.91 Å². The molecule has 28 heavy (non-hydrogen) atoms. The molecule has 0 radical (unpaired) electrons. The SMILES string of the molecule is COc1cc(C(=O)N2CCCCC2CN)ccc1OCc1csc(C)n1.Cl.Cl. The van der Waals surface area contributed by atoms with Gasteiger partial charge < -0.3 is 20.1 Å². The number of nitrogens with two attached hydrogens (primary N) is 1. The molecule has 1 atom stereocenters. The number of hydrogen-bond acceptors (Lipinski definition) is 6. The summed E-state index contributed by atoms with van der Waals surface area (Å²) in [4.78, 5) is 19.2. The average molecular weight is 448 g/mol. The minimum atomic E-state index is 0. The number of nitrogens with zero attached hydrogens (tertiary/aromatic N) is 2. The summed E-state index contributed by atoms with van der Waals surface area (Å²) < 4.78 is 11.3. The normalized spacial score (nSPS) is 16.0. The van der Waals surface area contributed by atoms with Crippen LogP contribution in [0.3, 0.4) is 0 Å². The van der Waals surface area contributed by atoms with Crippen LogP contribution in [-0.4, -0.2) is 42.0 Å². The van der Waals surface area contributed by atoms with Gasteiger partial charge in [0.2, 0.25) is 0 Å². The Kier molecular flexibility index (Phi) is 10.0. The number of amides is 1. The molecule has 1 aliphatic heterocycles. The average Bonchev–Trinajstić information content (AvgIpc) is 3.10. The predicted octanol–water partition coefficient (Wildman–Crippen LogP) is 3.84. The molecule has 1 amide bonds. The van der Waals surface area contributed by atoms with Crippen LogP contribution >= 0.6 is 36.2 Å². The van der Waals surface area contributed by atoms with Crippen LogP contribution in [0.2, 0.25) is 0 Å². The van der Waals surface area contributed by atoms with E-state index in [2.05, 4.69) is 4.98 Å². The van der Waals surface area contributed by atoms with E-state index in [1.165, 1.54) is 0 Å². The van der Waals surface area contributed by atoms with Crippen molar-refractivity contribution in [2.24, 2.45) is 5.73 Å². The number of thiazole rings is 1. The summed E-state index contributed by atoms with van der Waals surface area (Å²) in [5, 5.41) is 2.98. The lowest BCUT2D eigenvalue weighted by atomic mass is 10.0. The van der Waals surface area contributed by atoms with Gasteiger partial charge in [0, 0.05) is 30.1 Å². The van der Waals surface area contributed by atoms with Crippen LogP contribution < -0.4 is 15.2 Å². The minimum absolute atomic E-state index is 0. The predicted molar refractivity (Wildman–Crippen MR) is 116 cm³/mol. The molecule has 0 saturated carbocycles. The molecule has 0 aliphatic carbocycles. The van der Waals surface area contributed by atoms with E-state index >= 15 is 0 Å². The number of aromatic nitrogens is 1. The molecule has 2 aromatic rings. The molecular weight excluding hydrogens is 421 g/mol. The Hall–Kier alpha value is -1.54. The van der Waals surface area contributed by atoms with Crippen LogP contribution in [0.15, 0.2) is 23.6 Å². The van der Waals surface area contributed by atoms with E-state index in [1.807, 2.05) is 17.2 Å². The van der Waals surface area contributed by atoms with Crippen LogP contribution in [0.5, 0.6) is 11.5 Å². The summed E-state index contributed by atoms with van der Waals surface area (Å²) in [6, 6.07) is 5.43. The Labute approximate surface area is 182 Å². The van der Waals surface area contributed by atoms with Crippen molar-refractivity contribution in [1.82, 2.24) is 9.88 Å². The molecule has 1 aromatic carbocycles. The van der Waals surface area contributed by atoms with E-state index in [1.54, 1.807) is 36.6 Å². The summed E-state index contributed by atoms with van der Waals surface area (Å²) >= 11 is 1.59. The molecule has 0 bridgehead atoms. The maximum atomic E-state index is 12.9. The lowest BCUT2D eigenvalue weighted by Crippen LogP contribution is -2.47. The number of carbonyl (C=O) groups is 1. The van der Waals surface area contributed by atoms with Crippen LogP contribution in [0, 0.1) is 6.92 Å². The molecule has 2 heterocycles. The van der Waals surface area contributed by atoms with Gasteiger partial charge in [-0.05, 0) is 44.4 Å². The summed E-state index contributed by atoms with van der Waals surface area (Å²) in [6.45, 7) is 3.58. The monoisotopic (exact) mass is 447 g/mol. The summed E-state index contributed by atoms with van der Waals surface area (Å²) in [6.07, 6.45) is 3.11. The quantitative estimate of drug-likeness (QED) is 0.727. The lowest BCUT2D eigenvalue weighted by Gasteiger charge is -2.35. The molecule has 1 unspecified atom stereocenters. The van der Waals surface area contributed by atoms with Gasteiger partial charge in [-0.15, -0.1) is 36.2 Å². The van der Waals surface area contributed by atoms with Crippen molar-refractivity contribution in [3.63, 3.8) is 0 Å². The van der Waals surface area contributed by atoms with Crippen molar-refractivity contribution in [2.45, 2.75) is 38.8 Å². The highest BCUT2D eigenvalue weighted by molar-refractivity contribution is 7.09. The number of aryl methyl sites for hydroxylation is 1. The molecule has 6 nitrogen and oxygen atoms in total. The number of rotatable bonds is 6. The number of benzene rings is 1. The van der Waals surface area contributed by atoms with Gasteiger partial charge in [0.1, 0.15) is 6.61 Å². The smallest absolute Gasteiger partial charge is 0.254 e. The molecule has 9 heteroatoms. The minimum Gasteiger partial charge on any atom is -0.493 e. The van der Waals surface area contributed by atoms with E-state index < -0.39 is 0 Å². The van der Waals surface area contributed by atoms with Crippen molar-refractivity contribution >= 4 is 42.1 Å². The second-order valence-electron chi connectivity index (χ2n) is 6.40. The summed E-state index contributed by atoms with van der Waals surface area (Å²) in [5.41, 5.74) is 7.32. The molecule has 3 rings (SSSR count). The van der Waals surface area contributed by atoms with Crippen LogP contribution in [0.25, 0.3) is 0 Å². The largest absolute Gasteiger partial charge is 0.493 e. The van der Waals surface area contributed by atoms with E-state index in [0.29, 0.717) is 30.2 Å². The van der Waals surface area contributed by atoms with E-state index in [4.69, 9.17) is 15.2 Å². The van der Waals surface area contributed by atoms with Crippen molar-refractivity contribution in [1.29, 1.82) is 0 Å². The molecule has 2 N–H and O–H groups in total. The zero-order valence-electron chi connectivity index (χ0n) is 16.1. The number of likely N-dealkylation sites (tertiary alicyclic amines) is 1. The number of carbonyl (C=O) groups excluding carboxylic acids is 1. The van der Waals surface area contributed by atoms with E-state index in [0.717, 1.165) is 36.5 Å². The highest BCUT2D eigenvalue weighted by atomic mass is 35.5. The van der Waals surface area contributed by atoms with Gasteiger partial charge >= 0.3 is 0 Å². The van der Waals surface area contributed by atoms with Crippen molar-refractivity contribution in [3.8, 4) is 11.5 Å². The van der Waals surface area contributed by atoms with Gasteiger partial charge in [-0.3, -0.25) is 4.79 Å². The van der Waals surface area contributed by atoms with Crippen molar-refractivity contribution < 1.29 is 14.3 Å². The first-order valence-corrected chi connectivity index (χ1v) is 9.73. The van der Waals surface area contributed by atoms with Crippen molar-refractivity contribution in [2.75, 3.05) is 20.2 Å².